The van der Waals surface area contributed by atoms with Crippen LogP contribution < -0.4 is 10.7 Å². The second-order valence-corrected chi connectivity index (χ2v) is 21.8. The van der Waals surface area contributed by atoms with Gasteiger partial charge in [-0.2, -0.15) is 4.31 Å². The Labute approximate surface area is 292 Å². The summed E-state index contributed by atoms with van der Waals surface area (Å²) in [5.74, 6) is -1.72. The van der Waals surface area contributed by atoms with Crippen LogP contribution in [0.4, 0.5) is 10.5 Å². The highest BCUT2D eigenvalue weighted by Crippen LogP contribution is 2.40. The molecule has 0 aliphatic carbocycles. The second kappa shape index (κ2) is 17.7. The maximum atomic E-state index is 14.1. The number of para-hydroxylation sites is 1. The molecule has 3 N–H and O–H groups in total. The lowest BCUT2D eigenvalue weighted by molar-refractivity contribution is -0.387. The van der Waals surface area contributed by atoms with Crippen LogP contribution in [0.15, 0.2) is 29.2 Å². The first-order chi connectivity index (χ1) is 22.2. The Kier molecular flexibility index (Phi) is 15.9. The molecule has 2 amide bonds. The Bertz CT molecular complexity index is 1410. The fraction of sp³-hybridized carbons (Fsp3) is 0.719. The van der Waals surface area contributed by atoms with Crippen LogP contribution in [0.3, 0.4) is 0 Å². The predicted molar refractivity (Wildman–Crippen MR) is 189 cm³/mol. The fourth-order valence-electron chi connectivity index (χ4n) is 4.57. The number of nitro benzene ring substituents is 1. The fourth-order valence-corrected chi connectivity index (χ4v) is 7.67. The molecule has 1 aromatic carbocycles. The van der Waals surface area contributed by atoms with Gasteiger partial charge in [-0.1, -0.05) is 46.8 Å². The number of amides is 2. The molecule has 0 heterocycles. The van der Waals surface area contributed by atoms with Crippen LogP contribution in [-0.4, -0.2) is 92.1 Å². The van der Waals surface area contributed by atoms with Gasteiger partial charge in [-0.25, -0.2) is 18.2 Å². The number of carbonyl (C=O) groups is 3. The van der Waals surface area contributed by atoms with Gasteiger partial charge in [-0.05, 0) is 76.6 Å². The van der Waals surface area contributed by atoms with Crippen LogP contribution in [-0.2, 0) is 28.8 Å². The molecule has 1 aromatic rings. The number of aliphatic carboxylic acids is 1. The summed E-state index contributed by atoms with van der Waals surface area (Å²) < 4.78 is 41.0. The van der Waals surface area contributed by atoms with E-state index in [4.69, 9.17) is 9.16 Å². The second-order valence-electron chi connectivity index (χ2n) is 15.1. The van der Waals surface area contributed by atoms with E-state index in [-0.39, 0.29) is 32.4 Å². The number of hydrogen-bond acceptors (Lipinski definition) is 10. The van der Waals surface area contributed by atoms with Crippen LogP contribution in [0.5, 0.6) is 0 Å². The van der Waals surface area contributed by atoms with E-state index in [1.807, 2.05) is 47.7 Å². The number of rotatable bonds is 19. The highest BCUT2D eigenvalue weighted by atomic mass is 32.2. The van der Waals surface area contributed by atoms with Crippen molar-refractivity contribution in [3.8, 4) is 0 Å². The highest BCUT2D eigenvalue weighted by Gasteiger charge is 2.50. The van der Waals surface area contributed by atoms with E-state index in [0.29, 0.717) is 12.3 Å². The van der Waals surface area contributed by atoms with Crippen molar-refractivity contribution in [2.75, 3.05) is 26.7 Å². The summed E-state index contributed by atoms with van der Waals surface area (Å²) in [5, 5.41) is 24.3. The summed E-state index contributed by atoms with van der Waals surface area (Å²) in [7, 11) is -5.77. The average Bonchev–Trinajstić information content (AvgIpc) is 2.91. The molecule has 15 nitrogen and oxygen atoms in total. The Hall–Kier alpha value is -3.12. The number of unbranched alkanes of at least 4 members (excludes halogenated alkanes) is 1. The first kappa shape index (κ1) is 43.9. The van der Waals surface area contributed by atoms with E-state index in [1.54, 1.807) is 20.8 Å². The number of ether oxygens (including phenoxy) is 1. The molecule has 1 atom stereocenters. The van der Waals surface area contributed by atoms with Crippen LogP contribution >= 0.6 is 0 Å². The lowest BCUT2D eigenvalue weighted by Crippen LogP contribution is -2.67. The smallest absolute Gasteiger partial charge is 0.410 e. The Morgan fingerprint density at radius 3 is 2.10 bits per heavy atom. The molecule has 49 heavy (non-hydrogen) atoms. The normalized spacial score (nSPS) is 14.1. The largest absolute Gasteiger partial charge is 0.480 e. The van der Waals surface area contributed by atoms with Crippen molar-refractivity contribution in [1.82, 2.24) is 20.1 Å². The van der Waals surface area contributed by atoms with Gasteiger partial charge in [0.05, 0.1) is 4.92 Å². The Morgan fingerprint density at radius 1 is 1.02 bits per heavy atom. The van der Waals surface area contributed by atoms with Gasteiger partial charge in [-0.3, -0.25) is 30.4 Å². The number of likely N-dealkylation sites (N-methyl/N-ethyl adjacent to an activating group) is 1. The minimum absolute atomic E-state index is 0.0321. The van der Waals surface area contributed by atoms with Crippen molar-refractivity contribution in [2.24, 2.45) is 5.92 Å². The molecule has 17 heteroatoms. The third-order valence-electron chi connectivity index (χ3n) is 8.03. The van der Waals surface area contributed by atoms with Crippen molar-refractivity contribution < 1.29 is 42.0 Å². The van der Waals surface area contributed by atoms with Gasteiger partial charge in [-0.15, -0.1) is 0 Å². The molecule has 0 aliphatic heterocycles. The van der Waals surface area contributed by atoms with E-state index in [9.17, 15) is 38.0 Å². The number of alkyl carbamates (subject to hydrolysis) is 1. The molecule has 0 radical (unpaired) electrons. The van der Waals surface area contributed by atoms with Crippen molar-refractivity contribution in [3.63, 3.8) is 0 Å². The van der Waals surface area contributed by atoms with Crippen molar-refractivity contribution in [2.45, 2.75) is 122 Å². The van der Waals surface area contributed by atoms with E-state index in [2.05, 4.69) is 10.7 Å². The molecule has 0 fully saturated rings. The van der Waals surface area contributed by atoms with Crippen LogP contribution in [0.2, 0.25) is 18.1 Å². The minimum Gasteiger partial charge on any atom is -0.480 e. The predicted octanol–water partition coefficient (Wildman–Crippen LogP) is 5.48. The molecule has 0 bridgehead atoms. The summed E-state index contributed by atoms with van der Waals surface area (Å²) in [4.78, 5) is 49.2. The standard InChI is InChI=1S/C32H57N5O10SSi/c1-24(2)17-16-22-36(48(44,45)26-19-13-12-18-25(26)37(42)43)21-15-14-20-32(33-29(41)46-30(3,4)5,47-49(10,11)31(6,7)8)28(40)34-35(9)23-27(38)39/h12-13,18-19,24H,14-17,20-23H2,1-11H3,(H,33,41)(H,34,40)(H,38,39). The molecule has 0 saturated carbocycles. The van der Waals surface area contributed by atoms with Gasteiger partial charge < -0.3 is 14.3 Å². The third kappa shape index (κ3) is 14.0. The van der Waals surface area contributed by atoms with Crippen LogP contribution in [0.1, 0.15) is 87.5 Å². The number of carboxylic acids is 1. The SMILES string of the molecule is CC(C)CCCN(CCCCC(NC(=O)OC(C)(C)C)(O[Si](C)(C)C(C)(C)C)C(=O)NN(C)CC(=O)O)S(=O)(=O)c1ccccc1[N+](=O)[O-]. The maximum Gasteiger partial charge on any atom is 0.410 e. The molecule has 0 aromatic heterocycles. The van der Waals surface area contributed by atoms with Crippen LogP contribution in [0.25, 0.3) is 0 Å². The van der Waals surface area contributed by atoms with Gasteiger partial charge >= 0.3 is 12.1 Å². The average molecular weight is 732 g/mol. The zero-order chi connectivity index (χ0) is 38.0. The first-order valence-corrected chi connectivity index (χ1v) is 20.8. The van der Waals surface area contributed by atoms with Gasteiger partial charge in [0.15, 0.2) is 13.2 Å². The summed E-state index contributed by atoms with van der Waals surface area (Å²) in [6.07, 6.45) is 0.546. The summed E-state index contributed by atoms with van der Waals surface area (Å²) in [6, 6.07) is 5.19. The number of nitrogens with one attached hydrogen (secondary N) is 2. The lowest BCUT2D eigenvalue weighted by Gasteiger charge is -2.45. The van der Waals surface area contributed by atoms with Gasteiger partial charge in [0.25, 0.3) is 11.6 Å². The molecular weight excluding hydrogens is 675 g/mol. The zero-order valence-corrected chi connectivity index (χ0v) is 32.7. The number of nitro groups is 1. The van der Waals surface area contributed by atoms with E-state index < -0.39 is 74.7 Å². The van der Waals surface area contributed by atoms with Gasteiger partial charge in [0.1, 0.15) is 12.1 Å². The van der Waals surface area contributed by atoms with Crippen molar-refractivity contribution in [3.05, 3.63) is 34.4 Å². The number of hydrazine groups is 1. The number of carbonyl (C=O) groups excluding carboxylic acids is 2. The molecule has 0 spiro atoms. The van der Waals surface area contributed by atoms with Crippen molar-refractivity contribution in [1.29, 1.82) is 0 Å². The monoisotopic (exact) mass is 731 g/mol. The van der Waals surface area contributed by atoms with Crippen molar-refractivity contribution >= 4 is 42.0 Å². The minimum atomic E-state index is -4.29. The molecular formula is C32H57N5O10SSi. The number of sulfonamides is 1. The van der Waals surface area contributed by atoms with E-state index in [0.717, 1.165) is 17.5 Å². The van der Waals surface area contributed by atoms with E-state index >= 15 is 0 Å². The van der Waals surface area contributed by atoms with E-state index in [1.165, 1.54) is 29.6 Å². The number of nitrogens with zero attached hydrogens (tertiary/aromatic N) is 3. The molecule has 280 valence electrons. The number of benzene rings is 1. The Balaban J connectivity index is 3.57. The zero-order valence-electron chi connectivity index (χ0n) is 30.9. The number of hydrogen-bond donors (Lipinski definition) is 3. The highest BCUT2D eigenvalue weighted by molar-refractivity contribution is 7.89. The van der Waals surface area contributed by atoms with Gasteiger partial charge in [0.2, 0.25) is 15.7 Å². The topological polar surface area (TPSA) is 198 Å². The first-order valence-electron chi connectivity index (χ1n) is 16.4. The quantitative estimate of drug-likeness (QED) is 0.0535. The molecule has 0 aliphatic rings. The molecule has 0 saturated heterocycles. The van der Waals surface area contributed by atoms with Crippen LogP contribution in [0, 0.1) is 16.0 Å². The summed E-state index contributed by atoms with van der Waals surface area (Å²) in [6.45, 7) is 18.2. The van der Waals surface area contributed by atoms with Gasteiger partial charge in [0, 0.05) is 32.6 Å². The lowest BCUT2D eigenvalue weighted by atomic mass is 10.0. The maximum absolute atomic E-state index is 14.1. The summed E-state index contributed by atoms with van der Waals surface area (Å²) in [5.41, 5.74) is -0.963. The number of carboxylic acid groups (broad SMARTS) is 1. The summed E-state index contributed by atoms with van der Waals surface area (Å²) >= 11 is 0. The molecule has 1 rings (SSSR count). The molecule has 1 unspecified atom stereocenters. The Morgan fingerprint density at radius 2 is 1.59 bits per heavy atom. The third-order valence-corrected chi connectivity index (χ3v) is 14.4.